The largest absolute Gasteiger partial charge is 0.480 e. The summed E-state index contributed by atoms with van der Waals surface area (Å²) < 4.78 is -0.126. The lowest BCUT2D eigenvalue weighted by molar-refractivity contribution is -0.139. The van der Waals surface area contributed by atoms with Crippen LogP contribution in [0.1, 0.15) is 27.2 Å². The van der Waals surface area contributed by atoms with E-state index in [4.69, 9.17) is 28.3 Å². The summed E-state index contributed by atoms with van der Waals surface area (Å²) in [5.41, 5.74) is -0.630. The van der Waals surface area contributed by atoms with E-state index in [9.17, 15) is 9.59 Å². The molecule has 0 radical (unpaired) electrons. The molecule has 0 saturated carbocycles. The van der Waals surface area contributed by atoms with Crippen molar-refractivity contribution in [2.75, 3.05) is 0 Å². The molecule has 0 rings (SSSR count). The molecule has 0 amide bonds. The van der Waals surface area contributed by atoms with Gasteiger partial charge in [0.05, 0.1) is 0 Å². The van der Waals surface area contributed by atoms with E-state index in [2.05, 4.69) is 5.32 Å². The van der Waals surface area contributed by atoms with Crippen LogP contribution >= 0.6 is 35.6 Å². The van der Waals surface area contributed by atoms with Gasteiger partial charge < -0.3 is 5.11 Å². The van der Waals surface area contributed by atoms with Crippen molar-refractivity contribution in [2.24, 2.45) is 0 Å². The molecule has 0 aromatic heterocycles. The Bertz CT molecular complexity index is 312. The molecule has 0 bridgehead atoms. The van der Waals surface area contributed by atoms with Crippen LogP contribution in [0.4, 0.5) is 0 Å². The van der Waals surface area contributed by atoms with Crippen molar-refractivity contribution in [3.8, 4) is 0 Å². The zero-order valence-electron chi connectivity index (χ0n) is 9.79. The quantitative estimate of drug-likeness (QED) is 0.791. The third-order valence-electron chi connectivity index (χ3n) is 1.80. The van der Waals surface area contributed by atoms with Gasteiger partial charge in [-0.1, -0.05) is 23.2 Å². The van der Waals surface area contributed by atoms with E-state index in [1.54, 1.807) is 13.8 Å². The summed E-state index contributed by atoms with van der Waals surface area (Å²) in [6.45, 7) is 4.92. The van der Waals surface area contributed by atoms with Crippen LogP contribution in [0.3, 0.4) is 0 Å². The van der Waals surface area contributed by atoms with Gasteiger partial charge in [-0.3, -0.25) is 14.9 Å². The van der Waals surface area contributed by atoms with Crippen molar-refractivity contribution in [2.45, 2.75) is 38.8 Å². The highest BCUT2D eigenvalue weighted by Gasteiger charge is 2.26. The lowest BCUT2D eigenvalue weighted by atomic mass is 9.97. The number of ketones is 1. The number of hydrogen-bond donors (Lipinski definition) is 2. The van der Waals surface area contributed by atoms with E-state index in [-0.39, 0.29) is 29.1 Å². The van der Waals surface area contributed by atoms with Crippen molar-refractivity contribution < 1.29 is 14.7 Å². The molecule has 7 heteroatoms. The standard InChI is InChI=1S/C10H15Cl2NO3.ClH/c1-6(14)5-10(2,3)13-7(9(15)16)4-8(11)12;/h4,7,13H,5H2,1-3H3,(H,15,16);1H. The molecule has 0 aromatic carbocycles. The number of carboxylic acids is 1. The maximum absolute atomic E-state index is 11.0. The van der Waals surface area contributed by atoms with E-state index in [1.165, 1.54) is 13.0 Å². The Morgan fingerprint density at radius 1 is 1.41 bits per heavy atom. The Morgan fingerprint density at radius 2 is 1.88 bits per heavy atom. The topological polar surface area (TPSA) is 66.4 Å². The maximum atomic E-state index is 11.0. The average molecular weight is 305 g/mol. The molecule has 0 aliphatic rings. The minimum absolute atomic E-state index is 0. The summed E-state index contributed by atoms with van der Waals surface area (Å²) in [6.07, 6.45) is 1.40. The molecule has 1 unspecified atom stereocenters. The molecular formula is C10H16Cl3NO3. The molecule has 100 valence electrons. The minimum atomic E-state index is -1.10. The van der Waals surface area contributed by atoms with Gasteiger partial charge in [0.25, 0.3) is 0 Å². The smallest absolute Gasteiger partial charge is 0.324 e. The molecule has 0 aliphatic heterocycles. The average Bonchev–Trinajstić information content (AvgIpc) is 1.98. The SMILES string of the molecule is CC(=O)CC(C)(C)NC(C=C(Cl)Cl)C(=O)O.Cl. The highest BCUT2D eigenvalue weighted by molar-refractivity contribution is 6.56. The summed E-state index contributed by atoms with van der Waals surface area (Å²) in [7, 11) is 0. The number of halogens is 3. The Labute approximate surface area is 117 Å². The molecule has 4 nitrogen and oxygen atoms in total. The molecule has 17 heavy (non-hydrogen) atoms. The van der Waals surface area contributed by atoms with Crippen LogP contribution in [0.15, 0.2) is 10.6 Å². The number of carbonyl (C=O) groups excluding carboxylic acids is 1. The molecule has 0 heterocycles. The van der Waals surface area contributed by atoms with E-state index < -0.39 is 17.6 Å². The van der Waals surface area contributed by atoms with Crippen LogP contribution in [0, 0.1) is 0 Å². The summed E-state index contributed by atoms with van der Waals surface area (Å²) in [6, 6.07) is -1.01. The highest BCUT2D eigenvalue weighted by Crippen LogP contribution is 2.13. The van der Waals surface area contributed by atoms with Crippen LogP contribution in [0.25, 0.3) is 0 Å². The van der Waals surface area contributed by atoms with Crippen LogP contribution in [-0.4, -0.2) is 28.4 Å². The molecular weight excluding hydrogens is 288 g/mol. The van der Waals surface area contributed by atoms with Gasteiger partial charge in [0, 0.05) is 12.0 Å². The van der Waals surface area contributed by atoms with Gasteiger partial charge in [-0.15, -0.1) is 12.4 Å². The van der Waals surface area contributed by atoms with Gasteiger partial charge in [-0.25, -0.2) is 0 Å². The Morgan fingerprint density at radius 3 is 2.18 bits per heavy atom. The minimum Gasteiger partial charge on any atom is -0.480 e. The second-order valence-corrected chi connectivity index (χ2v) is 5.19. The monoisotopic (exact) mass is 303 g/mol. The Hall–Kier alpha value is -0.290. The Kier molecular flexibility index (Phi) is 8.89. The summed E-state index contributed by atoms with van der Waals surface area (Å²) in [4.78, 5) is 21.9. The number of carboxylic acid groups (broad SMARTS) is 1. The van der Waals surface area contributed by atoms with Crippen LogP contribution in [0.5, 0.6) is 0 Å². The summed E-state index contributed by atoms with van der Waals surface area (Å²) in [5.74, 6) is -1.13. The van der Waals surface area contributed by atoms with E-state index in [1.807, 2.05) is 0 Å². The second-order valence-electron chi connectivity index (χ2n) is 4.18. The number of Topliss-reactive ketones (excluding diaryl/α,β-unsaturated/α-hetero) is 1. The molecule has 2 N–H and O–H groups in total. The molecule has 1 atom stereocenters. The number of rotatable bonds is 6. The van der Waals surface area contributed by atoms with Crippen LogP contribution in [0.2, 0.25) is 0 Å². The molecule has 0 fully saturated rings. The van der Waals surface area contributed by atoms with E-state index in [0.717, 1.165) is 0 Å². The van der Waals surface area contributed by atoms with E-state index >= 15 is 0 Å². The summed E-state index contributed by atoms with van der Waals surface area (Å²) >= 11 is 10.8. The Balaban J connectivity index is 0. The second kappa shape index (κ2) is 7.93. The summed E-state index contributed by atoms with van der Waals surface area (Å²) in [5, 5.41) is 11.7. The first-order chi connectivity index (χ1) is 7.14. The predicted molar refractivity (Wildman–Crippen MR) is 71.0 cm³/mol. The van der Waals surface area contributed by atoms with Gasteiger partial charge >= 0.3 is 5.97 Å². The molecule has 0 saturated heterocycles. The first-order valence-electron chi connectivity index (χ1n) is 4.67. The third-order valence-corrected chi connectivity index (χ3v) is 2.05. The van der Waals surface area contributed by atoms with Crippen molar-refractivity contribution in [3.05, 3.63) is 10.6 Å². The zero-order valence-corrected chi connectivity index (χ0v) is 12.1. The third kappa shape index (κ3) is 9.41. The highest BCUT2D eigenvalue weighted by atomic mass is 35.5. The number of hydrogen-bond acceptors (Lipinski definition) is 3. The van der Waals surface area contributed by atoms with Crippen molar-refractivity contribution in [1.82, 2.24) is 5.32 Å². The molecule has 0 aromatic rings. The van der Waals surface area contributed by atoms with Gasteiger partial charge in [-0.2, -0.15) is 0 Å². The lowest BCUT2D eigenvalue weighted by Gasteiger charge is -2.27. The zero-order chi connectivity index (χ0) is 12.9. The van der Waals surface area contributed by atoms with Gasteiger partial charge in [0.15, 0.2) is 0 Å². The van der Waals surface area contributed by atoms with Gasteiger partial charge in [-0.05, 0) is 26.8 Å². The predicted octanol–water partition coefficient (Wildman–Crippen LogP) is 2.53. The molecule has 0 aliphatic carbocycles. The number of aliphatic carboxylic acids is 1. The fourth-order valence-corrected chi connectivity index (χ4v) is 1.65. The fourth-order valence-electron chi connectivity index (χ4n) is 1.40. The van der Waals surface area contributed by atoms with Crippen molar-refractivity contribution in [1.29, 1.82) is 0 Å². The number of nitrogens with one attached hydrogen (secondary N) is 1. The first-order valence-corrected chi connectivity index (χ1v) is 5.42. The van der Waals surface area contributed by atoms with Gasteiger partial charge in [0.1, 0.15) is 16.3 Å². The lowest BCUT2D eigenvalue weighted by Crippen LogP contribution is -2.49. The maximum Gasteiger partial charge on any atom is 0.324 e. The fraction of sp³-hybridized carbons (Fsp3) is 0.600. The first kappa shape index (κ1) is 19.1. The van der Waals surface area contributed by atoms with E-state index in [0.29, 0.717) is 0 Å². The van der Waals surface area contributed by atoms with Crippen molar-refractivity contribution in [3.63, 3.8) is 0 Å². The van der Waals surface area contributed by atoms with Gasteiger partial charge in [0.2, 0.25) is 0 Å². The van der Waals surface area contributed by atoms with Crippen LogP contribution in [-0.2, 0) is 9.59 Å². The van der Waals surface area contributed by atoms with Crippen molar-refractivity contribution >= 4 is 47.4 Å². The molecule has 0 spiro atoms. The van der Waals surface area contributed by atoms with Crippen LogP contribution < -0.4 is 5.32 Å². The number of carbonyl (C=O) groups is 2. The normalized spacial score (nSPS) is 12.3.